The van der Waals surface area contributed by atoms with E-state index in [1.807, 2.05) is 0 Å². The lowest BCUT2D eigenvalue weighted by Gasteiger charge is -2.58. The van der Waals surface area contributed by atoms with Crippen molar-refractivity contribution in [2.45, 2.75) is 44.6 Å². The second-order valence-electron chi connectivity index (χ2n) is 6.68. The lowest BCUT2D eigenvalue weighted by molar-refractivity contribution is -0.132. The van der Waals surface area contributed by atoms with E-state index in [1.54, 1.807) is 0 Å². The molecule has 0 aromatic carbocycles. The highest BCUT2D eigenvalue weighted by Gasteiger charge is 2.54. The van der Waals surface area contributed by atoms with Crippen LogP contribution in [0.15, 0.2) is 0 Å². The van der Waals surface area contributed by atoms with Crippen LogP contribution in [0.3, 0.4) is 0 Å². The van der Waals surface area contributed by atoms with Gasteiger partial charge in [-0.15, -0.1) is 6.42 Å². The summed E-state index contributed by atoms with van der Waals surface area (Å²) in [6.07, 6.45) is 12.8. The van der Waals surface area contributed by atoms with Crippen LogP contribution in [-0.4, -0.2) is 18.5 Å². The molecule has 3 nitrogen and oxygen atoms in total. The zero-order valence-corrected chi connectivity index (χ0v) is 10.8. The molecule has 0 aromatic heterocycles. The molecule has 4 rings (SSSR count). The van der Waals surface area contributed by atoms with Gasteiger partial charge in [0.05, 0.1) is 12.6 Å². The van der Waals surface area contributed by atoms with Gasteiger partial charge in [-0.25, -0.2) is 0 Å². The fourth-order valence-electron chi connectivity index (χ4n) is 5.08. The van der Waals surface area contributed by atoms with Gasteiger partial charge in [0.1, 0.15) is 0 Å². The van der Waals surface area contributed by atoms with Crippen LogP contribution < -0.4 is 11.1 Å². The molecule has 1 unspecified atom stereocenters. The smallest absolute Gasteiger partial charge is 0.238 e. The van der Waals surface area contributed by atoms with Gasteiger partial charge >= 0.3 is 0 Å². The van der Waals surface area contributed by atoms with E-state index in [0.717, 1.165) is 37.0 Å². The van der Waals surface area contributed by atoms with E-state index in [2.05, 4.69) is 11.2 Å². The van der Waals surface area contributed by atoms with E-state index in [0.29, 0.717) is 6.54 Å². The number of carbonyl (C=O) groups excluding carboxylic acids is 1. The molecule has 4 aliphatic carbocycles. The molecule has 0 heterocycles. The third-order valence-electron chi connectivity index (χ3n) is 5.39. The Kier molecular flexibility index (Phi) is 2.86. The van der Waals surface area contributed by atoms with E-state index in [9.17, 15) is 4.79 Å². The van der Waals surface area contributed by atoms with E-state index >= 15 is 0 Å². The Morgan fingerprint density at radius 1 is 1.28 bits per heavy atom. The number of nitrogens with two attached hydrogens (primary N) is 1. The van der Waals surface area contributed by atoms with Gasteiger partial charge in [-0.3, -0.25) is 4.79 Å². The maximum absolute atomic E-state index is 12.1. The van der Waals surface area contributed by atoms with Crippen molar-refractivity contribution in [1.82, 2.24) is 5.32 Å². The molecule has 0 radical (unpaired) electrons. The van der Waals surface area contributed by atoms with Crippen molar-refractivity contribution >= 4 is 5.91 Å². The first-order chi connectivity index (χ1) is 8.63. The van der Waals surface area contributed by atoms with Crippen molar-refractivity contribution in [2.24, 2.45) is 28.9 Å². The quantitative estimate of drug-likeness (QED) is 0.737. The molecule has 3 heteroatoms. The average molecular weight is 246 g/mol. The summed E-state index contributed by atoms with van der Waals surface area (Å²) < 4.78 is 0. The fourth-order valence-corrected chi connectivity index (χ4v) is 5.08. The first-order valence-corrected chi connectivity index (χ1v) is 7.10. The summed E-state index contributed by atoms with van der Waals surface area (Å²) in [7, 11) is 0. The molecule has 0 aliphatic heterocycles. The average Bonchev–Trinajstić information content (AvgIpc) is 2.33. The van der Waals surface area contributed by atoms with Crippen LogP contribution in [0, 0.1) is 35.5 Å². The summed E-state index contributed by atoms with van der Waals surface area (Å²) in [5.41, 5.74) is 6.35. The van der Waals surface area contributed by atoms with Gasteiger partial charge in [-0.2, -0.15) is 0 Å². The van der Waals surface area contributed by atoms with Crippen molar-refractivity contribution in [3.63, 3.8) is 0 Å². The van der Waals surface area contributed by atoms with Gasteiger partial charge in [0.25, 0.3) is 0 Å². The molecule has 18 heavy (non-hydrogen) atoms. The second-order valence-corrected chi connectivity index (χ2v) is 6.68. The summed E-state index contributed by atoms with van der Waals surface area (Å²) in [6, 6.07) is -0.362. The van der Waals surface area contributed by atoms with E-state index < -0.39 is 0 Å². The monoisotopic (exact) mass is 246 g/mol. The number of terminal acetylenes is 1. The highest BCUT2D eigenvalue weighted by Crippen LogP contribution is 2.60. The first-order valence-electron chi connectivity index (χ1n) is 7.10. The molecule has 4 saturated carbocycles. The molecule has 0 spiro atoms. The zero-order chi connectivity index (χ0) is 12.8. The van der Waals surface area contributed by atoms with Gasteiger partial charge in [-0.05, 0) is 61.7 Å². The Balaban J connectivity index is 1.75. The Labute approximate surface area is 109 Å². The second kappa shape index (κ2) is 4.28. The minimum atomic E-state index is -0.362. The maximum Gasteiger partial charge on any atom is 0.238 e. The molecule has 4 bridgehead atoms. The normalized spacial score (nSPS) is 42.3. The van der Waals surface area contributed by atoms with Crippen molar-refractivity contribution in [1.29, 1.82) is 0 Å². The molecule has 0 aromatic rings. The number of rotatable bonds is 3. The summed E-state index contributed by atoms with van der Waals surface area (Å²) in [5.74, 6) is 4.86. The summed E-state index contributed by atoms with van der Waals surface area (Å²) in [6.45, 7) is 0.291. The zero-order valence-electron chi connectivity index (χ0n) is 10.8. The highest BCUT2D eigenvalue weighted by atomic mass is 16.2. The molecular weight excluding hydrogens is 224 g/mol. The molecule has 4 fully saturated rings. The topological polar surface area (TPSA) is 55.1 Å². The fraction of sp³-hybridized carbons (Fsp3) is 0.800. The summed E-state index contributed by atoms with van der Waals surface area (Å²) in [4.78, 5) is 12.1. The standard InChI is InChI=1S/C15H22N2O/c1-2-3-17-14(18)13(16)15-7-10-4-11(8-15)6-12(5-10)9-15/h1,10-13H,3-9,16H2,(H,17,18). The maximum atomic E-state index is 12.1. The number of carbonyl (C=O) groups is 1. The van der Waals surface area contributed by atoms with Crippen LogP contribution in [-0.2, 0) is 4.79 Å². The number of amides is 1. The molecule has 98 valence electrons. The number of nitrogens with one attached hydrogen (secondary N) is 1. The van der Waals surface area contributed by atoms with Gasteiger partial charge < -0.3 is 11.1 Å². The van der Waals surface area contributed by atoms with E-state index in [-0.39, 0.29) is 17.4 Å². The van der Waals surface area contributed by atoms with E-state index in [4.69, 9.17) is 12.2 Å². The van der Waals surface area contributed by atoms with Gasteiger partial charge in [0.15, 0.2) is 0 Å². The van der Waals surface area contributed by atoms with Crippen molar-refractivity contribution < 1.29 is 4.79 Å². The minimum Gasteiger partial charge on any atom is -0.344 e. The largest absolute Gasteiger partial charge is 0.344 e. The van der Waals surface area contributed by atoms with E-state index in [1.165, 1.54) is 19.3 Å². The molecule has 3 N–H and O–H groups in total. The van der Waals surface area contributed by atoms with Crippen LogP contribution in [0.25, 0.3) is 0 Å². The third-order valence-corrected chi connectivity index (χ3v) is 5.39. The van der Waals surface area contributed by atoms with Gasteiger partial charge in [0.2, 0.25) is 5.91 Å². The number of hydrogen-bond acceptors (Lipinski definition) is 2. The van der Waals surface area contributed by atoms with Crippen molar-refractivity contribution in [3.05, 3.63) is 0 Å². The molecule has 0 saturated heterocycles. The van der Waals surface area contributed by atoms with Crippen LogP contribution in [0.2, 0.25) is 0 Å². The van der Waals surface area contributed by atoms with Gasteiger partial charge in [-0.1, -0.05) is 5.92 Å². The predicted octanol–water partition coefficient (Wildman–Crippen LogP) is 1.28. The van der Waals surface area contributed by atoms with Crippen LogP contribution in [0.5, 0.6) is 0 Å². The highest BCUT2D eigenvalue weighted by molar-refractivity contribution is 5.82. The first kappa shape index (κ1) is 12.0. The summed E-state index contributed by atoms with van der Waals surface area (Å²) >= 11 is 0. The third kappa shape index (κ3) is 1.83. The SMILES string of the molecule is C#CCNC(=O)C(N)C12CC3CC(CC(C3)C1)C2. The Hall–Kier alpha value is -1.01. The lowest BCUT2D eigenvalue weighted by atomic mass is 9.47. The van der Waals surface area contributed by atoms with Crippen molar-refractivity contribution in [3.8, 4) is 12.3 Å². The van der Waals surface area contributed by atoms with Crippen LogP contribution in [0.4, 0.5) is 0 Å². The lowest BCUT2D eigenvalue weighted by Crippen LogP contribution is -2.59. The minimum absolute atomic E-state index is 0.0464. The Bertz CT molecular complexity index is 361. The van der Waals surface area contributed by atoms with Crippen LogP contribution >= 0.6 is 0 Å². The van der Waals surface area contributed by atoms with Crippen LogP contribution in [0.1, 0.15) is 38.5 Å². The molecular formula is C15H22N2O. The summed E-state index contributed by atoms with van der Waals surface area (Å²) in [5, 5.41) is 2.76. The molecule has 1 amide bonds. The molecule has 1 atom stereocenters. The molecule has 4 aliphatic rings. The Morgan fingerprint density at radius 3 is 2.22 bits per heavy atom. The predicted molar refractivity (Wildman–Crippen MR) is 70.4 cm³/mol. The van der Waals surface area contributed by atoms with Gasteiger partial charge in [0, 0.05) is 0 Å². The van der Waals surface area contributed by atoms with Crippen molar-refractivity contribution in [2.75, 3.05) is 6.54 Å². The Morgan fingerprint density at radius 2 is 1.78 bits per heavy atom. The number of hydrogen-bond donors (Lipinski definition) is 2.